The largest absolute Gasteiger partial charge is 0.464 e. The first-order valence-corrected chi connectivity index (χ1v) is 30.2. The highest BCUT2D eigenvalue weighted by Gasteiger charge is 2.30. The second kappa shape index (κ2) is 38.4. The Labute approximate surface area is 515 Å². The van der Waals surface area contributed by atoms with Crippen molar-refractivity contribution in [1.29, 1.82) is 0 Å². The van der Waals surface area contributed by atoms with Crippen molar-refractivity contribution < 1.29 is 71.9 Å². The van der Waals surface area contributed by atoms with E-state index >= 15 is 0 Å². The number of esters is 1. The van der Waals surface area contributed by atoms with Crippen LogP contribution in [0.1, 0.15) is 81.6 Å². The van der Waals surface area contributed by atoms with Crippen LogP contribution in [0, 0.1) is 5.92 Å². The summed E-state index contributed by atoms with van der Waals surface area (Å²) in [6.45, 7) is 13.8. The summed E-state index contributed by atoms with van der Waals surface area (Å²) in [5.41, 5.74) is 0. The van der Waals surface area contributed by atoms with Gasteiger partial charge in [-0.15, -0.1) is 0 Å². The highest BCUT2D eigenvalue weighted by atomic mass is 33.1. The lowest BCUT2D eigenvalue weighted by Crippen LogP contribution is -2.50. The van der Waals surface area contributed by atoms with E-state index in [0.29, 0.717) is 19.5 Å². The van der Waals surface area contributed by atoms with Crippen LogP contribution in [0.4, 0.5) is 0 Å². The fourth-order valence-electron chi connectivity index (χ4n) is 6.77. The number of hydrogen-bond donors (Lipinski definition) is 4. The second-order valence-electron chi connectivity index (χ2n) is 23.2. The van der Waals surface area contributed by atoms with E-state index in [9.17, 15) is 67.1 Å². The standard InChI is InChI=1S/C55H98N14O15S2/c1-37(2)53(83)84-36-55(8,9)86-85-54(6,7)22-20-40(70)57-23-21-42(72)61(11)27-44(74)63(13)29-46(76)65(15)31-48(78)67(17)33-50(80)69(19)35-51(81)68(18)34-49(79)66(16)32-47(77)64(14)30-45(75)62(12)28-43(73)60(10)26-41(71)59-39(5)52(82)58-25-24-56-38(3)4/h37-39,56H,20-36H2,1-19H3,(H,57,70)(H,58,82)(H,59,71)/t39-/m0/s1. The SMILES string of the molecule is CC(C)NCCNC(=O)[C@H](C)NC(=O)CN(C)C(=O)CN(C)C(=O)CN(C)C(=O)CN(C)C(=O)CN(C)C(=O)CN(C)C(=O)CN(C)C(=O)CN(C)C(=O)CN(C)C(=O)CN(C)C(=O)CCNC(=O)CCC(C)(C)SSC(C)(C)COC(=O)C(C)C. The number of carbonyl (C=O) groups excluding carboxylic acids is 14. The number of nitrogens with one attached hydrogen (secondary N) is 4. The first-order valence-electron chi connectivity index (χ1n) is 28.1. The monoisotopic (exact) mass is 1260 g/mol. The smallest absolute Gasteiger partial charge is 0.308 e. The normalized spacial score (nSPS) is 11.5. The van der Waals surface area contributed by atoms with Gasteiger partial charge in [-0.3, -0.25) is 67.1 Å². The van der Waals surface area contributed by atoms with Gasteiger partial charge in [0.1, 0.15) is 12.6 Å². The summed E-state index contributed by atoms with van der Waals surface area (Å²) >= 11 is 0. The van der Waals surface area contributed by atoms with Crippen LogP contribution in [0.15, 0.2) is 0 Å². The van der Waals surface area contributed by atoms with Crippen LogP contribution in [-0.2, 0) is 71.9 Å². The van der Waals surface area contributed by atoms with Crippen molar-refractivity contribution in [3.63, 3.8) is 0 Å². The summed E-state index contributed by atoms with van der Waals surface area (Å²) in [4.78, 5) is 190. The lowest BCUT2D eigenvalue weighted by molar-refractivity contribution is -0.148. The van der Waals surface area contributed by atoms with Crippen molar-refractivity contribution in [1.82, 2.24) is 70.3 Å². The van der Waals surface area contributed by atoms with E-state index < -0.39 is 129 Å². The number of hydrogen-bond acceptors (Lipinski definition) is 18. The van der Waals surface area contributed by atoms with Crippen molar-refractivity contribution in [3.05, 3.63) is 0 Å². The number of ether oxygens (including phenoxy) is 1. The number of rotatable bonds is 38. The van der Waals surface area contributed by atoms with Gasteiger partial charge in [-0.2, -0.15) is 0 Å². The van der Waals surface area contributed by atoms with E-state index in [2.05, 4.69) is 21.3 Å². The maximum absolute atomic E-state index is 13.1. The van der Waals surface area contributed by atoms with Crippen LogP contribution in [-0.4, -0.2) is 316 Å². The fraction of sp³-hybridized carbons (Fsp3) is 0.745. The number of likely N-dealkylation sites (N-methyl/N-ethyl adjacent to an activating group) is 10. The number of carbonyl (C=O) groups is 14. The summed E-state index contributed by atoms with van der Waals surface area (Å²) in [6.07, 6.45) is 0.697. The van der Waals surface area contributed by atoms with E-state index in [1.807, 2.05) is 41.5 Å². The predicted octanol–water partition coefficient (Wildman–Crippen LogP) is -2.39. The van der Waals surface area contributed by atoms with Crippen molar-refractivity contribution in [2.45, 2.75) is 103 Å². The highest BCUT2D eigenvalue weighted by molar-refractivity contribution is 8.77. The second-order valence-corrected chi connectivity index (χ2v) is 26.8. The minimum Gasteiger partial charge on any atom is -0.464 e. The van der Waals surface area contributed by atoms with Gasteiger partial charge < -0.3 is 75.0 Å². The molecule has 31 heteroatoms. The molecule has 1 atom stereocenters. The molecule has 86 heavy (non-hydrogen) atoms. The third-order valence-electron chi connectivity index (χ3n) is 12.9. The van der Waals surface area contributed by atoms with Crippen molar-refractivity contribution >= 4 is 104 Å². The van der Waals surface area contributed by atoms with E-state index in [0.717, 1.165) is 44.1 Å². The summed E-state index contributed by atoms with van der Waals surface area (Å²) in [7, 11) is 16.6. The van der Waals surface area contributed by atoms with Gasteiger partial charge in [0, 0.05) is 114 Å². The molecule has 0 aliphatic rings. The van der Waals surface area contributed by atoms with Gasteiger partial charge in [0.05, 0.1) is 76.1 Å². The molecule has 4 N–H and O–H groups in total. The number of amides is 13. The topological polar surface area (TPSA) is 329 Å². The first-order chi connectivity index (χ1) is 39.6. The third kappa shape index (κ3) is 32.7. The molecule has 0 unspecified atom stereocenters. The lowest BCUT2D eigenvalue weighted by Gasteiger charge is -2.29. The van der Waals surface area contributed by atoms with E-state index in [1.165, 1.54) is 82.3 Å². The van der Waals surface area contributed by atoms with Crippen LogP contribution in [0.2, 0.25) is 0 Å². The number of nitrogens with zero attached hydrogens (tertiary/aromatic N) is 10. The zero-order chi connectivity index (χ0) is 66.6. The molecule has 0 aromatic carbocycles. The molecular formula is C55H98N14O15S2. The minimum atomic E-state index is -0.858. The average molecular weight is 1260 g/mol. The summed E-state index contributed by atoms with van der Waals surface area (Å²) < 4.78 is 4.77. The predicted molar refractivity (Wildman–Crippen MR) is 326 cm³/mol. The third-order valence-corrected chi connectivity index (χ3v) is 17.1. The van der Waals surface area contributed by atoms with Gasteiger partial charge in [-0.25, -0.2) is 0 Å². The molecule has 13 amide bonds. The Bertz CT molecular complexity index is 2380. The molecule has 0 aliphatic heterocycles. The van der Waals surface area contributed by atoms with Gasteiger partial charge >= 0.3 is 5.97 Å². The highest BCUT2D eigenvalue weighted by Crippen LogP contribution is 2.45. The molecule has 0 rings (SSSR count). The van der Waals surface area contributed by atoms with E-state index in [1.54, 1.807) is 35.4 Å². The molecule has 0 spiro atoms. The van der Waals surface area contributed by atoms with Crippen LogP contribution >= 0.6 is 21.6 Å². The van der Waals surface area contributed by atoms with Crippen LogP contribution in [0.25, 0.3) is 0 Å². The molecule has 29 nitrogen and oxygen atoms in total. The zero-order valence-corrected chi connectivity index (χ0v) is 55.8. The molecule has 0 fully saturated rings. The summed E-state index contributed by atoms with van der Waals surface area (Å²) in [5.74, 6) is -7.70. The van der Waals surface area contributed by atoms with Gasteiger partial charge in [-0.05, 0) is 41.0 Å². The minimum absolute atomic E-state index is 0.0512. The van der Waals surface area contributed by atoms with Crippen molar-refractivity contribution in [2.24, 2.45) is 5.92 Å². The Kier molecular flexibility index (Phi) is 35.4. The summed E-state index contributed by atoms with van der Waals surface area (Å²) in [5, 5.41) is 11.1. The van der Waals surface area contributed by atoms with Crippen molar-refractivity contribution in [3.8, 4) is 0 Å². The van der Waals surface area contributed by atoms with E-state index in [4.69, 9.17) is 4.74 Å². The van der Waals surface area contributed by atoms with Crippen LogP contribution < -0.4 is 21.3 Å². The summed E-state index contributed by atoms with van der Waals surface area (Å²) in [6, 6.07) is -0.612. The average Bonchev–Trinajstić information content (AvgIpc) is 3.55. The molecule has 0 heterocycles. The molecule has 0 aliphatic carbocycles. The maximum Gasteiger partial charge on any atom is 0.308 e. The molecule has 0 saturated carbocycles. The zero-order valence-electron chi connectivity index (χ0n) is 54.2. The maximum atomic E-state index is 13.1. The Balaban J connectivity index is 4.85. The van der Waals surface area contributed by atoms with Gasteiger partial charge in [0.15, 0.2) is 0 Å². The van der Waals surface area contributed by atoms with Crippen LogP contribution in [0.5, 0.6) is 0 Å². The van der Waals surface area contributed by atoms with Crippen molar-refractivity contribution in [2.75, 3.05) is 162 Å². The Morgan fingerprint density at radius 3 is 1.02 bits per heavy atom. The quantitative estimate of drug-likeness (QED) is 0.0285. The molecule has 0 radical (unpaired) electrons. The van der Waals surface area contributed by atoms with E-state index in [-0.39, 0.29) is 72.4 Å². The lowest BCUT2D eigenvalue weighted by atomic mass is 10.1. The van der Waals surface area contributed by atoms with Crippen LogP contribution in [0.3, 0.4) is 0 Å². The van der Waals surface area contributed by atoms with Gasteiger partial charge in [0.2, 0.25) is 76.8 Å². The first kappa shape index (κ1) is 79.2. The molecule has 490 valence electrons. The fourth-order valence-corrected chi connectivity index (χ4v) is 9.26. The van der Waals surface area contributed by atoms with Gasteiger partial charge in [0.25, 0.3) is 0 Å². The molecular weight excluding hydrogens is 1160 g/mol. The Morgan fingerprint density at radius 2 is 0.698 bits per heavy atom. The van der Waals surface area contributed by atoms with Gasteiger partial charge in [-0.1, -0.05) is 49.3 Å². The molecule has 0 aromatic rings. The molecule has 0 bridgehead atoms. The molecule has 0 aromatic heterocycles. The Hall–Kier alpha value is -6.76. The molecule has 0 saturated heterocycles. The Morgan fingerprint density at radius 1 is 0.384 bits per heavy atom.